The van der Waals surface area contributed by atoms with Gasteiger partial charge in [-0.3, -0.25) is 20.4 Å². The summed E-state index contributed by atoms with van der Waals surface area (Å²) in [5.74, 6) is 0.528. The fourth-order valence-electron chi connectivity index (χ4n) is 2.07. The molecule has 0 saturated heterocycles. The number of ether oxygens (including phenoxy) is 1. The summed E-state index contributed by atoms with van der Waals surface area (Å²) in [6, 6.07) is 6.91. The van der Waals surface area contributed by atoms with Gasteiger partial charge in [0.05, 0.1) is 18.4 Å². The lowest BCUT2D eigenvalue weighted by molar-refractivity contribution is -0.122. The largest absolute Gasteiger partial charge is 0.493 e. The standard InChI is InChI=1S/C17H19ClN2O4/c1-11-10-13(18)5-6-15(11)24-8-3-4-16(21)19-20-17(22)14-7-9-23-12(14)2/h5-7,9-10H,3-4,8H2,1-2H3,(H,19,21)(H,20,22). The Labute approximate surface area is 145 Å². The zero-order valence-electron chi connectivity index (χ0n) is 13.5. The van der Waals surface area contributed by atoms with Gasteiger partial charge in [0.15, 0.2) is 0 Å². The minimum absolute atomic E-state index is 0.233. The number of amides is 2. The van der Waals surface area contributed by atoms with Gasteiger partial charge in [0.2, 0.25) is 5.91 Å². The number of hydrogen-bond acceptors (Lipinski definition) is 4. The summed E-state index contributed by atoms with van der Waals surface area (Å²) in [4.78, 5) is 23.5. The van der Waals surface area contributed by atoms with Crippen LogP contribution in [0, 0.1) is 13.8 Å². The Morgan fingerprint density at radius 2 is 2.00 bits per heavy atom. The van der Waals surface area contributed by atoms with Crippen LogP contribution in [0.25, 0.3) is 0 Å². The third-order valence-corrected chi connectivity index (χ3v) is 3.60. The van der Waals surface area contributed by atoms with Gasteiger partial charge in [-0.25, -0.2) is 0 Å². The van der Waals surface area contributed by atoms with Crippen molar-refractivity contribution in [1.29, 1.82) is 0 Å². The van der Waals surface area contributed by atoms with Gasteiger partial charge >= 0.3 is 0 Å². The molecule has 6 nitrogen and oxygen atoms in total. The second kappa shape index (κ2) is 8.40. The van der Waals surface area contributed by atoms with E-state index in [1.54, 1.807) is 25.1 Å². The zero-order chi connectivity index (χ0) is 17.5. The van der Waals surface area contributed by atoms with E-state index in [1.807, 2.05) is 13.0 Å². The summed E-state index contributed by atoms with van der Waals surface area (Å²) in [7, 11) is 0. The van der Waals surface area contributed by atoms with Crippen molar-refractivity contribution in [3.63, 3.8) is 0 Å². The van der Waals surface area contributed by atoms with E-state index in [4.69, 9.17) is 20.8 Å². The normalized spacial score (nSPS) is 10.3. The smallest absolute Gasteiger partial charge is 0.273 e. The van der Waals surface area contributed by atoms with Gasteiger partial charge in [-0.15, -0.1) is 0 Å². The molecular formula is C17H19ClN2O4. The van der Waals surface area contributed by atoms with Crippen LogP contribution >= 0.6 is 11.6 Å². The molecule has 0 aliphatic rings. The second-order valence-corrected chi connectivity index (χ2v) is 5.69. The maximum absolute atomic E-state index is 11.8. The molecule has 0 spiro atoms. The molecule has 7 heteroatoms. The molecule has 2 rings (SSSR count). The molecule has 0 aliphatic heterocycles. The van der Waals surface area contributed by atoms with Gasteiger partial charge in [-0.05, 0) is 50.1 Å². The molecule has 0 radical (unpaired) electrons. The van der Waals surface area contributed by atoms with Crippen molar-refractivity contribution in [3.8, 4) is 5.75 Å². The highest BCUT2D eigenvalue weighted by atomic mass is 35.5. The number of halogens is 1. The number of nitrogens with one attached hydrogen (secondary N) is 2. The Hall–Kier alpha value is -2.47. The molecule has 0 saturated carbocycles. The lowest BCUT2D eigenvalue weighted by Crippen LogP contribution is -2.41. The number of carbonyl (C=O) groups excluding carboxylic acids is 2. The molecule has 2 aromatic rings. The third-order valence-electron chi connectivity index (χ3n) is 3.36. The van der Waals surface area contributed by atoms with Gasteiger partial charge in [0.25, 0.3) is 5.91 Å². The highest BCUT2D eigenvalue weighted by Gasteiger charge is 2.12. The molecule has 2 N–H and O–H groups in total. The van der Waals surface area contributed by atoms with Gasteiger partial charge in [-0.1, -0.05) is 11.6 Å². The second-order valence-electron chi connectivity index (χ2n) is 5.25. The Morgan fingerprint density at radius 3 is 2.67 bits per heavy atom. The molecule has 0 bridgehead atoms. The number of hydrazine groups is 1. The minimum atomic E-state index is -0.414. The SMILES string of the molecule is Cc1cc(Cl)ccc1OCCCC(=O)NNC(=O)c1ccoc1C. The van der Waals surface area contributed by atoms with Crippen LogP contribution in [0.2, 0.25) is 5.02 Å². The number of hydrogen-bond donors (Lipinski definition) is 2. The highest BCUT2D eigenvalue weighted by Crippen LogP contribution is 2.21. The summed E-state index contributed by atoms with van der Waals surface area (Å²) in [6.07, 6.45) is 2.17. The summed E-state index contributed by atoms with van der Waals surface area (Å²) in [5.41, 5.74) is 6.03. The van der Waals surface area contributed by atoms with E-state index in [1.165, 1.54) is 6.26 Å². The van der Waals surface area contributed by atoms with E-state index in [2.05, 4.69) is 10.9 Å². The van der Waals surface area contributed by atoms with E-state index in [0.717, 1.165) is 11.3 Å². The molecule has 128 valence electrons. The molecule has 0 fully saturated rings. The summed E-state index contributed by atoms with van der Waals surface area (Å²) in [6.45, 7) is 3.97. The van der Waals surface area contributed by atoms with Crippen molar-refractivity contribution in [3.05, 3.63) is 52.4 Å². The van der Waals surface area contributed by atoms with Gasteiger partial charge in [0.1, 0.15) is 11.5 Å². The fraction of sp³-hybridized carbons (Fsp3) is 0.294. The number of rotatable bonds is 6. The molecule has 0 unspecified atom stereocenters. The average molecular weight is 351 g/mol. The lowest BCUT2D eigenvalue weighted by atomic mass is 10.2. The van der Waals surface area contributed by atoms with Crippen LogP contribution in [-0.4, -0.2) is 18.4 Å². The van der Waals surface area contributed by atoms with Gasteiger partial charge in [-0.2, -0.15) is 0 Å². The Balaban J connectivity index is 1.66. The van der Waals surface area contributed by atoms with Crippen molar-refractivity contribution in [1.82, 2.24) is 10.9 Å². The van der Waals surface area contributed by atoms with Crippen LogP contribution < -0.4 is 15.6 Å². The molecule has 2 amide bonds. The van der Waals surface area contributed by atoms with Crippen molar-refractivity contribution in [2.45, 2.75) is 26.7 Å². The summed E-state index contributed by atoms with van der Waals surface area (Å²) in [5, 5.41) is 0.655. The quantitative estimate of drug-likeness (QED) is 0.619. The van der Waals surface area contributed by atoms with E-state index < -0.39 is 5.91 Å². The van der Waals surface area contributed by atoms with Gasteiger partial charge < -0.3 is 9.15 Å². The molecule has 1 aromatic heterocycles. The summed E-state index contributed by atoms with van der Waals surface area (Å²) < 4.78 is 10.6. The first-order valence-corrected chi connectivity index (χ1v) is 7.87. The third kappa shape index (κ3) is 5.03. The molecular weight excluding hydrogens is 332 g/mol. The highest BCUT2D eigenvalue weighted by molar-refractivity contribution is 6.30. The summed E-state index contributed by atoms with van der Waals surface area (Å²) >= 11 is 5.88. The van der Waals surface area contributed by atoms with Crippen molar-refractivity contribution < 1.29 is 18.7 Å². The molecule has 0 atom stereocenters. The Kier molecular flexibility index (Phi) is 6.26. The van der Waals surface area contributed by atoms with Crippen molar-refractivity contribution >= 4 is 23.4 Å². The first-order valence-electron chi connectivity index (χ1n) is 7.49. The van der Waals surface area contributed by atoms with Crippen LogP contribution in [0.1, 0.15) is 34.5 Å². The molecule has 24 heavy (non-hydrogen) atoms. The van der Waals surface area contributed by atoms with Crippen molar-refractivity contribution in [2.24, 2.45) is 0 Å². The first-order chi connectivity index (χ1) is 11.5. The maximum Gasteiger partial charge on any atom is 0.273 e. The topological polar surface area (TPSA) is 80.6 Å². The number of furan rings is 1. The van der Waals surface area contributed by atoms with E-state index in [-0.39, 0.29) is 12.3 Å². The predicted octanol–water partition coefficient (Wildman–Crippen LogP) is 3.17. The Morgan fingerprint density at radius 1 is 1.21 bits per heavy atom. The first kappa shape index (κ1) is 17.9. The van der Waals surface area contributed by atoms with E-state index in [9.17, 15) is 9.59 Å². The van der Waals surface area contributed by atoms with Crippen molar-refractivity contribution in [2.75, 3.05) is 6.61 Å². The van der Waals surface area contributed by atoms with Crippen LogP contribution in [0.3, 0.4) is 0 Å². The van der Waals surface area contributed by atoms with Crippen LogP contribution in [0.4, 0.5) is 0 Å². The minimum Gasteiger partial charge on any atom is -0.493 e. The van der Waals surface area contributed by atoms with Crippen LogP contribution in [-0.2, 0) is 4.79 Å². The Bertz CT molecular complexity index is 727. The fourth-order valence-corrected chi connectivity index (χ4v) is 2.29. The maximum atomic E-state index is 11.8. The predicted molar refractivity (Wildman–Crippen MR) is 90.0 cm³/mol. The van der Waals surface area contributed by atoms with Crippen LogP contribution in [0.15, 0.2) is 34.9 Å². The molecule has 1 aromatic carbocycles. The number of benzene rings is 1. The monoisotopic (exact) mass is 350 g/mol. The zero-order valence-corrected chi connectivity index (χ0v) is 14.3. The van der Waals surface area contributed by atoms with E-state index >= 15 is 0 Å². The lowest BCUT2D eigenvalue weighted by Gasteiger charge is -2.10. The van der Waals surface area contributed by atoms with Gasteiger partial charge in [0, 0.05) is 11.4 Å². The molecule has 1 heterocycles. The average Bonchev–Trinajstić information content (AvgIpc) is 2.97. The molecule has 0 aliphatic carbocycles. The number of aryl methyl sites for hydroxylation is 2. The number of carbonyl (C=O) groups is 2. The van der Waals surface area contributed by atoms with Crippen LogP contribution in [0.5, 0.6) is 5.75 Å². The van der Waals surface area contributed by atoms with E-state index in [0.29, 0.717) is 29.4 Å².